The number of hydrogen-bond acceptors (Lipinski definition) is 7. The third-order valence-corrected chi connectivity index (χ3v) is 5.91. The minimum Gasteiger partial charge on any atom is -0.416 e. The number of likely N-dealkylation sites (tertiary alicyclic amines) is 1. The van der Waals surface area contributed by atoms with E-state index < -0.39 is 0 Å². The summed E-state index contributed by atoms with van der Waals surface area (Å²) in [6, 6.07) is 0. The molecule has 1 aliphatic rings. The number of piperidine rings is 1. The summed E-state index contributed by atoms with van der Waals surface area (Å²) in [5, 5.41) is 11.4. The van der Waals surface area contributed by atoms with Gasteiger partial charge in [-0.05, 0) is 32.6 Å². The Morgan fingerprint density at radius 1 is 1.46 bits per heavy atom. The summed E-state index contributed by atoms with van der Waals surface area (Å²) in [4.78, 5) is 18.9. The fourth-order valence-corrected chi connectivity index (χ4v) is 4.09. The SMILES string of the molecule is Cc1nc(Cc2nnc(S[C@@H](C)C(=O)N3CCC(C)CC3)o2)cs1. The Bertz CT molecular complexity index is 692. The molecule has 0 unspecified atom stereocenters. The van der Waals surface area contributed by atoms with Crippen LogP contribution in [0, 0.1) is 12.8 Å². The Balaban J connectivity index is 1.54. The van der Waals surface area contributed by atoms with Gasteiger partial charge in [0.05, 0.1) is 22.4 Å². The Morgan fingerprint density at radius 3 is 2.88 bits per heavy atom. The molecule has 0 aliphatic carbocycles. The van der Waals surface area contributed by atoms with Gasteiger partial charge in [-0.3, -0.25) is 4.79 Å². The van der Waals surface area contributed by atoms with E-state index in [9.17, 15) is 4.79 Å². The number of carbonyl (C=O) groups is 1. The minimum atomic E-state index is -0.215. The fraction of sp³-hybridized carbons (Fsp3) is 0.625. The van der Waals surface area contributed by atoms with Gasteiger partial charge in [-0.1, -0.05) is 18.7 Å². The number of thiazole rings is 1. The van der Waals surface area contributed by atoms with Gasteiger partial charge in [-0.15, -0.1) is 21.5 Å². The van der Waals surface area contributed by atoms with Crippen molar-refractivity contribution < 1.29 is 9.21 Å². The summed E-state index contributed by atoms with van der Waals surface area (Å²) in [5.41, 5.74) is 0.935. The zero-order chi connectivity index (χ0) is 17.1. The Labute approximate surface area is 150 Å². The van der Waals surface area contributed by atoms with Crippen molar-refractivity contribution in [1.29, 1.82) is 0 Å². The first-order valence-corrected chi connectivity index (χ1v) is 9.96. The van der Waals surface area contributed by atoms with Crippen molar-refractivity contribution in [3.63, 3.8) is 0 Å². The van der Waals surface area contributed by atoms with Crippen LogP contribution >= 0.6 is 23.1 Å². The molecule has 24 heavy (non-hydrogen) atoms. The molecule has 0 bridgehead atoms. The highest BCUT2D eigenvalue weighted by atomic mass is 32.2. The molecule has 8 heteroatoms. The largest absolute Gasteiger partial charge is 0.416 e. The number of hydrogen-bond donors (Lipinski definition) is 0. The molecule has 1 atom stereocenters. The van der Waals surface area contributed by atoms with Gasteiger partial charge in [0, 0.05) is 18.5 Å². The van der Waals surface area contributed by atoms with E-state index in [0.29, 0.717) is 23.5 Å². The van der Waals surface area contributed by atoms with Crippen molar-refractivity contribution in [1.82, 2.24) is 20.1 Å². The maximum atomic E-state index is 12.5. The summed E-state index contributed by atoms with van der Waals surface area (Å²) in [7, 11) is 0. The molecule has 1 fully saturated rings. The monoisotopic (exact) mass is 366 g/mol. The van der Waals surface area contributed by atoms with Gasteiger partial charge in [-0.25, -0.2) is 4.98 Å². The third-order valence-electron chi connectivity index (χ3n) is 4.17. The number of carbonyl (C=O) groups excluding carboxylic acids is 1. The Morgan fingerprint density at radius 2 is 2.21 bits per heavy atom. The number of aryl methyl sites for hydroxylation is 1. The maximum Gasteiger partial charge on any atom is 0.277 e. The van der Waals surface area contributed by atoms with Crippen LogP contribution in [0.3, 0.4) is 0 Å². The number of thioether (sulfide) groups is 1. The topological polar surface area (TPSA) is 72.1 Å². The lowest BCUT2D eigenvalue weighted by Gasteiger charge is -2.31. The second-order valence-corrected chi connectivity index (χ2v) is 8.62. The zero-order valence-electron chi connectivity index (χ0n) is 14.2. The van der Waals surface area contributed by atoms with E-state index in [1.807, 2.05) is 24.1 Å². The lowest BCUT2D eigenvalue weighted by molar-refractivity contribution is -0.131. The smallest absolute Gasteiger partial charge is 0.277 e. The molecule has 2 aromatic rings. The predicted molar refractivity (Wildman–Crippen MR) is 94.3 cm³/mol. The molecule has 0 aromatic carbocycles. The molecule has 3 rings (SSSR count). The molecule has 1 amide bonds. The lowest BCUT2D eigenvalue weighted by atomic mass is 9.99. The highest BCUT2D eigenvalue weighted by Gasteiger charge is 2.26. The van der Waals surface area contributed by atoms with E-state index in [2.05, 4.69) is 22.1 Å². The molecule has 0 spiro atoms. The fourth-order valence-electron chi connectivity index (χ4n) is 2.69. The molecule has 3 heterocycles. The van der Waals surface area contributed by atoms with Gasteiger partial charge in [0.1, 0.15) is 0 Å². The minimum absolute atomic E-state index is 0.154. The third kappa shape index (κ3) is 4.36. The molecule has 1 aliphatic heterocycles. The van der Waals surface area contributed by atoms with Crippen LogP contribution < -0.4 is 0 Å². The number of rotatable bonds is 5. The maximum absolute atomic E-state index is 12.5. The summed E-state index contributed by atoms with van der Waals surface area (Å²) in [6.45, 7) is 7.81. The van der Waals surface area contributed by atoms with Crippen molar-refractivity contribution in [3.8, 4) is 0 Å². The van der Waals surface area contributed by atoms with Gasteiger partial charge in [0.2, 0.25) is 11.8 Å². The van der Waals surface area contributed by atoms with E-state index in [0.717, 1.165) is 36.6 Å². The standard InChI is InChI=1S/C16H22N4O2S2/c1-10-4-6-20(7-5-10)15(21)11(2)24-16-19-18-14(22-16)8-13-9-23-12(3)17-13/h9-11H,4-8H2,1-3H3/t11-/m0/s1. The van der Waals surface area contributed by atoms with Crippen molar-refractivity contribution in [2.24, 2.45) is 5.92 Å². The average molecular weight is 367 g/mol. The first kappa shape index (κ1) is 17.4. The summed E-state index contributed by atoms with van der Waals surface area (Å²) in [6.07, 6.45) is 2.70. The molecule has 0 N–H and O–H groups in total. The highest BCUT2D eigenvalue weighted by Crippen LogP contribution is 2.26. The van der Waals surface area contributed by atoms with Gasteiger partial charge < -0.3 is 9.32 Å². The number of aromatic nitrogens is 3. The van der Waals surface area contributed by atoms with E-state index >= 15 is 0 Å². The summed E-state index contributed by atoms with van der Waals surface area (Å²) < 4.78 is 5.66. The molecule has 2 aromatic heterocycles. The average Bonchev–Trinajstić information content (AvgIpc) is 3.17. The summed E-state index contributed by atoms with van der Waals surface area (Å²) >= 11 is 2.94. The Hall–Kier alpha value is -1.41. The van der Waals surface area contributed by atoms with Crippen LogP contribution in [0.5, 0.6) is 0 Å². The molecule has 1 saturated heterocycles. The van der Waals surface area contributed by atoms with Crippen LogP contribution in [0.25, 0.3) is 0 Å². The number of nitrogens with zero attached hydrogens (tertiary/aromatic N) is 4. The zero-order valence-corrected chi connectivity index (χ0v) is 15.8. The van der Waals surface area contributed by atoms with E-state index in [-0.39, 0.29) is 11.2 Å². The molecule has 6 nitrogen and oxygen atoms in total. The Kier molecular flexibility index (Phi) is 5.55. The van der Waals surface area contributed by atoms with Crippen LogP contribution in [0.15, 0.2) is 15.0 Å². The van der Waals surface area contributed by atoms with Crippen molar-refractivity contribution in [3.05, 3.63) is 22.0 Å². The summed E-state index contributed by atoms with van der Waals surface area (Å²) in [5.74, 6) is 1.40. The van der Waals surface area contributed by atoms with Crippen molar-refractivity contribution >= 4 is 29.0 Å². The highest BCUT2D eigenvalue weighted by molar-refractivity contribution is 8.00. The van der Waals surface area contributed by atoms with Gasteiger partial charge in [-0.2, -0.15) is 0 Å². The first-order valence-electron chi connectivity index (χ1n) is 8.20. The normalized spacial score (nSPS) is 17.2. The second-order valence-electron chi connectivity index (χ2n) is 6.26. The molecule has 0 saturated carbocycles. The van der Waals surface area contributed by atoms with Gasteiger partial charge >= 0.3 is 0 Å². The van der Waals surface area contributed by atoms with Crippen molar-refractivity contribution in [2.75, 3.05) is 13.1 Å². The van der Waals surface area contributed by atoms with E-state index in [1.165, 1.54) is 11.8 Å². The molecular formula is C16H22N4O2S2. The molecular weight excluding hydrogens is 344 g/mol. The van der Waals surface area contributed by atoms with Gasteiger partial charge in [0.15, 0.2) is 0 Å². The van der Waals surface area contributed by atoms with Gasteiger partial charge in [0.25, 0.3) is 5.22 Å². The lowest BCUT2D eigenvalue weighted by Crippen LogP contribution is -2.41. The van der Waals surface area contributed by atoms with Crippen LogP contribution in [-0.4, -0.2) is 44.3 Å². The quantitative estimate of drug-likeness (QED) is 0.757. The second kappa shape index (κ2) is 7.65. The van der Waals surface area contributed by atoms with E-state index in [1.54, 1.807) is 11.3 Å². The number of amides is 1. The van der Waals surface area contributed by atoms with Crippen molar-refractivity contribution in [2.45, 2.75) is 50.5 Å². The van der Waals surface area contributed by atoms with Crippen LogP contribution in [0.4, 0.5) is 0 Å². The van der Waals surface area contributed by atoms with Crippen LogP contribution in [0.2, 0.25) is 0 Å². The van der Waals surface area contributed by atoms with Crippen LogP contribution in [-0.2, 0) is 11.2 Å². The van der Waals surface area contributed by atoms with Crippen LogP contribution in [0.1, 0.15) is 43.3 Å². The van der Waals surface area contributed by atoms with E-state index in [4.69, 9.17) is 4.42 Å². The first-order chi connectivity index (χ1) is 11.5. The molecule has 130 valence electrons. The predicted octanol–water partition coefficient (Wildman–Crippen LogP) is 3.16. The molecule has 0 radical (unpaired) electrons.